The first kappa shape index (κ1) is 16.7. The molecule has 0 atom stereocenters. The van der Waals surface area contributed by atoms with Crippen LogP contribution in [0.3, 0.4) is 0 Å². The number of primary amides is 1. The van der Waals surface area contributed by atoms with Crippen molar-refractivity contribution in [1.82, 2.24) is 14.7 Å². The Labute approximate surface area is 144 Å². The number of fused-ring (bicyclic) bond motifs is 1. The van der Waals surface area contributed by atoms with Gasteiger partial charge in [0, 0.05) is 30.2 Å². The maximum atomic E-state index is 12.5. The number of aryl methyl sites for hydroxylation is 2. The minimum atomic E-state index is -0.498. The van der Waals surface area contributed by atoms with Crippen molar-refractivity contribution in [3.05, 3.63) is 33.5 Å². The van der Waals surface area contributed by atoms with Crippen molar-refractivity contribution in [3.63, 3.8) is 0 Å². The summed E-state index contributed by atoms with van der Waals surface area (Å²) in [5.41, 5.74) is 8.24. The molecule has 0 aliphatic carbocycles. The van der Waals surface area contributed by atoms with Gasteiger partial charge >= 0.3 is 0 Å². The zero-order valence-corrected chi connectivity index (χ0v) is 14.9. The number of likely N-dealkylation sites (N-methyl/N-ethyl adjacent to an activating group) is 1. The number of thiophene rings is 1. The molecule has 8 heteroatoms. The molecule has 0 aromatic carbocycles. The minimum absolute atomic E-state index is 0.320. The summed E-state index contributed by atoms with van der Waals surface area (Å²) < 4.78 is 1.76. The van der Waals surface area contributed by atoms with Crippen molar-refractivity contribution in [2.24, 2.45) is 5.73 Å². The fraction of sp³-hybridized carbons (Fsp3) is 0.438. The zero-order chi connectivity index (χ0) is 17.4. The predicted octanol–water partition coefficient (Wildman–Crippen LogP) is 1.61. The summed E-state index contributed by atoms with van der Waals surface area (Å²) in [4.78, 5) is 27.7. The summed E-state index contributed by atoms with van der Waals surface area (Å²) in [6.07, 6.45) is 0.764. The third kappa shape index (κ3) is 2.94. The lowest BCUT2D eigenvalue weighted by Gasteiger charge is -2.22. The van der Waals surface area contributed by atoms with Crippen LogP contribution in [-0.2, 0) is 19.5 Å². The SMILES string of the molecule is CCn1nc(C(=O)Nc2sc3c(c2C(N)=O)CCN(C)C3)cc1C. The Bertz CT molecular complexity index is 808. The van der Waals surface area contributed by atoms with Crippen LogP contribution in [0.1, 0.15) is 43.9 Å². The van der Waals surface area contributed by atoms with Gasteiger partial charge in [0.05, 0.1) is 5.56 Å². The number of amides is 2. The second-order valence-electron chi connectivity index (χ2n) is 6.00. The monoisotopic (exact) mass is 347 g/mol. The second kappa shape index (κ2) is 6.37. The van der Waals surface area contributed by atoms with E-state index < -0.39 is 5.91 Å². The van der Waals surface area contributed by atoms with Gasteiger partial charge in [-0.05, 0) is 38.9 Å². The van der Waals surface area contributed by atoms with Crippen molar-refractivity contribution in [2.75, 3.05) is 18.9 Å². The van der Waals surface area contributed by atoms with Crippen LogP contribution in [0.2, 0.25) is 0 Å². The minimum Gasteiger partial charge on any atom is -0.365 e. The molecule has 0 bridgehead atoms. The number of hydrogen-bond donors (Lipinski definition) is 2. The molecule has 3 rings (SSSR count). The molecule has 0 unspecified atom stereocenters. The highest BCUT2D eigenvalue weighted by Gasteiger charge is 2.27. The van der Waals surface area contributed by atoms with E-state index in [2.05, 4.69) is 15.3 Å². The van der Waals surface area contributed by atoms with E-state index in [1.807, 2.05) is 20.9 Å². The number of carbonyl (C=O) groups excluding carboxylic acids is 2. The van der Waals surface area contributed by atoms with Crippen molar-refractivity contribution >= 4 is 28.2 Å². The maximum absolute atomic E-state index is 12.5. The van der Waals surface area contributed by atoms with Crippen LogP contribution in [0.15, 0.2) is 6.07 Å². The molecule has 3 N–H and O–H groups in total. The summed E-state index contributed by atoms with van der Waals surface area (Å²) in [5, 5.41) is 7.63. The van der Waals surface area contributed by atoms with Gasteiger partial charge in [0.2, 0.25) is 0 Å². The average molecular weight is 347 g/mol. The number of anilines is 1. The quantitative estimate of drug-likeness (QED) is 0.879. The fourth-order valence-corrected chi connectivity index (χ4v) is 4.32. The van der Waals surface area contributed by atoms with Crippen LogP contribution in [0.25, 0.3) is 0 Å². The Morgan fingerprint density at radius 2 is 2.21 bits per heavy atom. The van der Waals surface area contributed by atoms with Crippen molar-refractivity contribution in [2.45, 2.75) is 33.4 Å². The molecule has 2 aromatic rings. The van der Waals surface area contributed by atoms with Crippen molar-refractivity contribution < 1.29 is 9.59 Å². The molecule has 0 saturated carbocycles. The molecule has 3 heterocycles. The Morgan fingerprint density at radius 3 is 2.83 bits per heavy atom. The first-order chi connectivity index (χ1) is 11.4. The van der Waals surface area contributed by atoms with Gasteiger partial charge in [0.15, 0.2) is 5.69 Å². The average Bonchev–Trinajstić information content (AvgIpc) is 3.06. The number of aromatic nitrogens is 2. The number of carbonyl (C=O) groups is 2. The van der Waals surface area contributed by atoms with Crippen LogP contribution < -0.4 is 11.1 Å². The van der Waals surface area contributed by atoms with E-state index in [1.54, 1.807) is 10.7 Å². The van der Waals surface area contributed by atoms with Crippen LogP contribution in [-0.4, -0.2) is 40.1 Å². The molecular formula is C16H21N5O2S. The lowest BCUT2D eigenvalue weighted by molar-refractivity contribution is 0.1000. The standard InChI is InChI=1S/C16H21N5O2S/c1-4-21-9(2)7-11(19-21)15(23)18-16-13(14(17)22)10-5-6-20(3)8-12(10)24-16/h7H,4-6,8H2,1-3H3,(H2,17,22)(H,18,23). The number of nitrogens with one attached hydrogen (secondary N) is 1. The Morgan fingerprint density at radius 1 is 1.46 bits per heavy atom. The third-order valence-corrected chi connectivity index (χ3v) is 5.37. The van der Waals surface area contributed by atoms with E-state index in [0.717, 1.165) is 35.6 Å². The Balaban J connectivity index is 1.91. The first-order valence-electron chi connectivity index (χ1n) is 7.89. The summed E-state index contributed by atoms with van der Waals surface area (Å²) in [6.45, 7) is 6.21. The molecule has 0 radical (unpaired) electrons. The van der Waals surface area contributed by atoms with E-state index in [-0.39, 0.29) is 5.91 Å². The van der Waals surface area contributed by atoms with Gasteiger partial charge in [-0.25, -0.2) is 0 Å². The fourth-order valence-electron chi connectivity index (χ4n) is 2.99. The largest absolute Gasteiger partial charge is 0.365 e. The van der Waals surface area contributed by atoms with Gasteiger partial charge in [-0.2, -0.15) is 5.10 Å². The lowest BCUT2D eigenvalue weighted by Crippen LogP contribution is -2.27. The normalized spacial score (nSPS) is 14.5. The highest BCUT2D eigenvalue weighted by Crippen LogP contribution is 2.36. The molecule has 0 saturated heterocycles. The van der Waals surface area contributed by atoms with Gasteiger partial charge in [0.25, 0.3) is 11.8 Å². The van der Waals surface area contributed by atoms with Crippen LogP contribution >= 0.6 is 11.3 Å². The molecule has 1 aliphatic rings. The molecule has 24 heavy (non-hydrogen) atoms. The Kier molecular flexibility index (Phi) is 4.42. The van der Waals surface area contributed by atoms with E-state index in [9.17, 15) is 9.59 Å². The number of rotatable bonds is 4. The molecule has 1 aliphatic heterocycles. The number of nitrogens with zero attached hydrogens (tertiary/aromatic N) is 3. The summed E-state index contributed by atoms with van der Waals surface area (Å²) in [7, 11) is 2.03. The summed E-state index contributed by atoms with van der Waals surface area (Å²) in [5.74, 6) is -0.817. The lowest BCUT2D eigenvalue weighted by atomic mass is 10.0. The van der Waals surface area contributed by atoms with E-state index >= 15 is 0 Å². The molecular weight excluding hydrogens is 326 g/mol. The number of nitrogens with two attached hydrogens (primary N) is 1. The second-order valence-corrected chi connectivity index (χ2v) is 7.11. The Hall–Kier alpha value is -2.19. The molecule has 2 aromatic heterocycles. The van der Waals surface area contributed by atoms with Crippen LogP contribution in [0.4, 0.5) is 5.00 Å². The zero-order valence-electron chi connectivity index (χ0n) is 14.0. The molecule has 128 valence electrons. The van der Waals surface area contributed by atoms with Gasteiger partial charge in [0.1, 0.15) is 5.00 Å². The van der Waals surface area contributed by atoms with E-state index in [0.29, 0.717) is 22.8 Å². The number of hydrogen-bond acceptors (Lipinski definition) is 5. The van der Waals surface area contributed by atoms with E-state index in [4.69, 9.17) is 5.73 Å². The predicted molar refractivity (Wildman–Crippen MR) is 93.5 cm³/mol. The molecule has 2 amide bonds. The summed E-state index contributed by atoms with van der Waals surface area (Å²) >= 11 is 1.42. The topological polar surface area (TPSA) is 93.2 Å². The molecule has 7 nitrogen and oxygen atoms in total. The highest BCUT2D eigenvalue weighted by atomic mass is 32.1. The van der Waals surface area contributed by atoms with Gasteiger partial charge in [-0.15, -0.1) is 11.3 Å². The van der Waals surface area contributed by atoms with Crippen molar-refractivity contribution in [3.8, 4) is 0 Å². The molecule has 0 fully saturated rings. The third-order valence-electron chi connectivity index (χ3n) is 4.23. The van der Waals surface area contributed by atoms with Gasteiger partial charge < -0.3 is 16.0 Å². The smallest absolute Gasteiger partial charge is 0.276 e. The van der Waals surface area contributed by atoms with Gasteiger partial charge in [-0.3, -0.25) is 14.3 Å². The maximum Gasteiger partial charge on any atom is 0.276 e. The van der Waals surface area contributed by atoms with E-state index in [1.165, 1.54) is 11.3 Å². The highest BCUT2D eigenvalue weighted by molar-refractivity contribution is 7.17. The van der Waals surface area contributed by atoms with Gasteiger partial charge in [-0.1, -0.05) is 0 Å². The van der Waals surface area contributed by atoms with Crippen molar-refractivity contribution in [1.29, 1.82) is 0 Å². The first-order valence-corrected chi connectivity index (χ1v) is 8.71. The van der Waals surface area contributed by atoms with Crippen LogP contribution in [0, 0.1) is 6.92 Å². The summed E-state index contributed by atoms with van der Waals surface area (Å²) in [6, 6.07) is 1.74. The van der Waals surface area contributed by atoms with Crippen LogP contribution in [0.5, 0.6) is 0 Å². The molecule has 0 spiro atoms.